The summed E-state index contributed by atoms with van der Waals surface area (Å²) in [6, 6.07) is 16.1. The lowest BCUT2D eigenvalue weighted by atomic mass is 9.96. The van der Waals surface area contributed by atoms with Crippen LogP contribution in [0.25, 0.3) is 11.1 Å². The summed E-state index contributed by atoms with van der Waals surface area (Å²) in [4.78, 5) is 29.9. The number of hydrogen-bond donors (Lipinski definition) is 1. The monoisotopic (exact) mass is 506 g/mol. The maximum Gasteiger partial charge on any atom is 0.410 e. The Morgan fingerprint density at radius 3 is 2.14 bits per heavy atom. The molecule has 0 unspecified atom stereocenters. The second-order valence-electron chi connectivity index (χ2n) is 10.3. The van der Waals surface area contributed by atoms with Gasteiger partial charge >= 0.3 is 12.2 Å². The molecule has 1 N–H and O–H groups in total. The first-order chi connectivity index (χ1) is 17.9. The summed E-state index contributed by atoms with van der Waals surface area (Å²) in [5.41, 5.74) is 4.72. The van der Waals surface area contributed by atoms with Crippen molar-refractivity contribution in [3.63, 3.8) is 0 Å². The summed E-state index contributed by atoms with van der Waals surface area (Å²) >= 11 is 0. The molecule has 0 radical (unpaired) electrons. The van der Waals surface area contributed by atoms with E-state index in [1.54, 1.807) is 15.9 Å². The second-order valence-corrected chi connectivity index (χ2v) is 10.3. The minimum absolute atomic E-state index is 0.0137. The summed E-state index contributed by atoms with van der Waals surface area (Å²) < 4.78 is 11.3. The minimum Gasteiger partial charge on any atom is -0.448 e. The van der Waals surface area contributed by atoms with E-state index in [0.717, 1.165) is 6.42 Å². The zero-order valence-corrected chi connectivity index (χ0v) is 21.8. The summed E-state index contributed by atoms with van der Waals surface area (Å²) in [6.07, 6.45) is 2.61. The number of nitrogens with zero attached hydrogens (tertiary/aromatic N) is 2. The average molecular weight is 507 g/mol. The third-order valence-electron chi connectivity index (χ3n) is 7.27. The molecule has 1 heterocycles. The van der Waals surface area contributed by atoms with Crippen molar-refractivity contribution < 1.29 is 24.2 Å². The molecule has 7 heteroatoms. The fraction of sp³-hybridized carbons (Fsp3) is 0.467. The highest BCUT2D eigenvalue weighted by molar-refractivity contribution is 5.79. The van der Waals surface area contributed by atoms with Crippen LogP contribution in [0.3, 0.4) is 0 Å². The van der Waals surface area contributed by atoms with Crippen LogP contribution in [0, 0.1) is 5.92 Å². The number of aliphatic hydroxyl groups excluding tert-OH is 1. The Morgan fingerprint density at radius 2 is 1.54 bits per heavy atom. The van der Waals surface area contributed by atoms with Gasteiger partial charge in [-0.3, -0.25) is 0 Å². The van der Waals surface area contributed by atoms with Crippen LogP contribution in [-0.4, -0.2) is 72.1 Å². The molecular formula is C30H38N2O5. The Kier molecular flexibility index (Phi) is 8.87. The molecule has 4 rings (SSSR count). The van der Waals surface area contributed by atoms with E-state index in [1.807, 2.05) is 24.3 Å². The topological polar surface area (TPSA) is 79.3 Å². The average Bonchev–Trinajstić information content (AvgIpc) is 3.22. The fourth-order valence-corrected chi connectivity index (χ4v) is 5.61. The molecule has 1 fully saturated rings. The van der Waals surface area contributed by atoms with Crippen molar-refractivity contribution in [3.05, 3.63) is 72.3 Å². The van der Waals surface area contributed by atoms with Gasteiger partial charge in [-0.1, -0.05) is 75.0 Å². The first-order valence-corrected chi connectivity index (χ1v) is 13.2. The van der Waals surface area contributed by atoms with Gasteiger partial charge < -0.3 is 24.4 Å². The van der Waals surface area contributed by atoms with Gasteiger partial charge in [-0.05, 0) is 47.4 Å². The second kappa shape index (κ2) is 12.3. The molecule has 7 nitrogen and oxygen atoms in total. The third kappa shape index (κ3) is 5.99. The van der Waals surface area contributed by atoms with Crippen LogP contribution in [0.15, 0.2) is 61.2 Å². The van der Waals surface area contributed by atoms with Crippen molar-refractivity contribution in [2.45, 2.75) is 51.1 Å². The van der Waals surface area contributed by atoms with Crippen LogP contribution >= 0.6 is 0 Å². The molecule has 2 amide bonds. The molecule has 1 aliphatic carbocycles. The van der Waals surface area contributed by atoms with Crippen LogP contribution in [0.5, 0.6) is 0 Å². The lowest BCUT2D eigenvalue weighted by molar-refractivity contribution is 0.00527. The molecule has 1 aliphatic heterocycles. The molecule has 1 saturated heterocycles. The van der Waals surface area contributed by atoms with Crippen LogP contribution in [0.4, 0.5) is 9.59 Å². The molecule has 0 saturated carbocycles. The molecule has 2 aromatic carbocycles. The van der Waals surface area contributed by atoms with E-state index in [9.17, 15) is 14.7 Å². The standard InChI is InChI=1S/C30H38N2O5/c1-4-16-36-29(34)31-19-23(17-21(2)3)32(18-22(31)10-9-15-33)30(35)37-20-28-26-13-7-5-11-24(26)25-12-6-8-14-27(25)28/h4-8,11-14,21-23,28,33H,1,9-10,15-20H2,2-3H3/t22-,23+/m0/s1. The van der Waals surface area contributed by atoms with Crippen LogP contribution in [0.2, 0.25) is 0 Å². The Morgan fingerprint density at radius 1 is 0.973 bits per heavy atom. The molecule has 0 spiro atoms. The molecule has 0 bridgehead atoms. The Balaban J connectivity index is 1.51. The Bertz CT molecular complexity index is 1060. The zero-order valence-electron chi connectivity index (χ0n) is 21.8. The molecule has 37 heavy (non-hydrogen) atoms. The van der Waals surface area contributed by atoms with Gasteiger partial charge in [0.25, 0.3) is 0 Å². The summed E-state index contributed by atoms with van der Waals surface area (Å²) in [5.74, 6) is 0.314. The first kappa shape index (κ1) is 26.7. The van der Waals surface area contributed by atoms with Gasteiger partial charge in [-0.2, -0.15) is 0 Å². The maximum atomic E-state index is 13.5. The number of piperazine rings is 1. The van der Waals surface area contributed by atoms with E-state index >= 15 is 0 Å². The Hall–Kier alpha value is -3.32. The molecule has 2 aromatic rings. The molecule has 198 valence electrons. The summed E-state index contributed by atoms with van der Waals surface area (Å²) in [6.45, 7) is 8.95. The SMILES string of the molecule is C=CCOC(=O)N1C[C@@H](CC(C)C)N(C(=O)OCC2c3ccccc3-c3ccccc32)C[C@@H]1CCCO. The van der Waals surface area contributed by atoms with Crippen molar-refractivity contribution in [2.75, 3.05) is 32.9 Å². The smallest absolute Gasteiger partial charge is 0.410 e. The zero-order chi connectivity index (χ0) is 26.4. The summed E-state index contributed by atoms with van der Waals surface area (Å²) in [7, 11) is 0. The van der Waals surface area contributed by atoms with E-state index in [4.69, 9.17) is 9.47 Å². The predicted octanol–water partition coefficient (Wildman–Crippen LogP) is 5.43. The number of ether oxygens (including phenoxy) is 2. The molecular weight excluding hydrogens is 468 g/mol. The van der Waals surface area contributed by atoms with Gasteiger partial charge in [-0.25, -0.2) is 9.59 Å². The highest BCUT2D eigenvalue weighted by atomic mass is 16.6. The van der Waals surface area contributed by atoms with Gasteiger partial charge in [0, 0.05) is 25.6 Å². The largest absolute Gasteiger partial charge is 0.448 e. The Labute approximate surface area is 219 Å². The van der Waals surface area contributed by atoms with Gasteiger partial charge in [0.2, 0.25) is 0 Å². The number of carbonyl (C=O) groups is 2. The van der Waals surface area contributed by atoms with Gasteiger partial charge in [0.1, 0.15) is 13.2 Å². The van der Waals surface area contributed by atoms with E-state index in [-0.39, 0.29) is 43.9 Å². The van der Waals surface area contributed by atoms with Crippen molar-refractivity contribution in [3.8, 4) is 11.1 Å². The highest BCUT2D eigenvalue weighted by Gasteiger charge is 2.40. The summed E-state index contributed by atoms with van der Waals surface area (Å²) in [5, 5.41) is 9.42. The first-order valence-electron chi connectivity index (χ1n) is 13.2. The van der Waals surface area contributed by atoms with Crippen molar-refractivity contribution in [2.24, 2.45) is 5.92 Å². The number of fused-ring (bicyclic) bond motifs is 3. The number of carbonyl (C=O) groups excluding carboxylic acids is 2. The lowest BCUT2D eigenvalue weighted by Gasteiger charge is -2.45. The number of hydrogen-bond acceptors (Lipinski definition) is 5. The molecule has 2 atom stereocenters. The van der Waals surface area contributed by atoms with Gasteiger partial charge in [-0.15, -0.1) is 0 Å². The predicted molar refractivity (Wildman–Crippen MR) is 143 cm³/mol. The number of amides is 2. The van der Waals surface area contributed by atoms with Crippen molar-refractivity contribution in [1.29, 1.82) is 0 Å². The molecule has 2 aliphatic rings. The van der Waals surface area contributed by atoms with Crippen LogP contribution in [0.1, 0.15) is 50.2 Å². The third-order valence-corrected chi connectivity index (χ3v) is 7.27. The van der Waals surface area contributed by atoms with Crippen molar-refractivity contribution >= 4 is 12.2 Å². The normalized spacial score (nSPS) is 18.9. The minimum atomic E-state index is -0.413. The number of benzene rings is 2. The van der Waals surface area contributed by atoms with Crippen LogP contribution < -0.4 is 0 Å². The fourth-order valence-electron chi connectivity index (χ4n) is 5.61. The highest BCUT2D eigenvalue weighted by Crippen LogP contribution is 2.44. The number of aliphatic hydroxyl groups is 1. The van der Waals surface area contributed by atoms with Crippen LogP contribution in [-0.2, 0) is 9.47 Å². The van der Waals surface area contributed by atoms with Gasteiger partial charge in [0.15, 0.2) is 0 Å². The van der Waals surface area contributed by atoms with Crippen molar-refractivity contribution in [1.82, 2.24) is 9.80 Å². The van der Waals surface area contributed by atoms with E-state index in [2.05, 4.69) is 44.7 Å². The number of rotatable bonds is 9. The quantitative estimate of drug-likeness (QED) is 0.459. The maximum absolute atomic E-state index is 13.5. The van der Waals surface area contributed by atoms with E-state index in [1.165, 1.54) is 22.3 Å². The van der Waals surface area contributed by atoms with E-state index in [0.29, 0.717) is 31.8 Å². The molecule has 0 aromatic heterocycles. The van der Waals surface area contributed by atoms with E-state index < -0.39 is 6.09 Å². The van der Waals surface area contributed by atoms with Gasteiger partial charge in [0.05, 0.1) is 12.1 Å². The lowest BCUT2D eigenvalue weighted by Crippen LogP contribution is -2.61.